The van der Waals surface area contributed by atoms with Gasteiger partial charge in [-0.25, -0.2) is 0 Å². The molecule has 24 heavy (non-hydrogen) atoms. The van der Waals surface area contributed by atoms with Crippen LogP contribution in [0.5, 0.6) is 11.5 Å². The molecule has 0 spiro atoms. The number of aromatic nitrogens is 2. The number of anilines is 1. The molecule has 128 valence electrons. The van der Waals surface area contributed by atoms with E-state index in [4.69, 9.17) is 14.0 Å². The standard InChI is InChI=1S/C17H21N3O4/c1-3-23-14-5-4-13(10-15(14)22-2)16-18-17(24-19-16)20-8-6-12(11-21)7-9-20/h4-5,10-12H,3,6-9H2,1-2H3. The van der Waals surface area contributed by atoms with E-state index in [1.54, 1.807) is 7.11 Å². The van der Waals surface area contributed by atoms with Crippen molar-refractivity contribution in [3.05, 3.63) is 18.2 Å². The summed E-state index contributed by atoms with van der Waals surface area (Å²) in [5.41, 5.74) is 0.799. The number of nitrogens with zero attached hydrogens (tertiary/aromatic N) is 3. The highest BCUT2D eigenvalue weighted by molar-refractivity contribution is 5.61. The summed E-state index contributed by atoms with van der Waals surface area (Å²) in [6, 6.07) is 6.03. The minimum Gasteiger partial charge on any atom is -0.493 e. The fourth-order valence-electron chi connectivity index (χ4n) is 2.77. The second-order valence-corrected chi connectivity index (χ2v) is 5.66. The number of piperidine rings is 1. The van der Waals surface area contributed by atoms with E-state index in [1.807, 2.05) is 30.0 Å². The maximum Gasteiger partial charge on any atom is 0.324 e. The monoisotopic (exact) mass is 331 g/mol. The molecule has 0 atom stereocenters. The van der Waals surface area contributed by atoms with Crippen molar-refractivity contribution in [2.24, 2.45) is 5.92 Å². The van der Waals surface area contributed by atoms with E-state index >= 15 is 0 Å². The van der Waals surface area contributed by atoms with Crippen LogP contribution in [0.4, 0.5) is 6.01 Å². The summed E-state index contributed by atoms with van der Waals surface area (Å²) >= 11 is 0. The van der Waals surface area contributed by atoms with E-state index in [-0.39, 0.29) is 5.92 Å². The molecule has 0 aliphatic carbocycles. The normalized spacial score (nSPS) is 15.3. The Balaban J connectivity index is 1.77. The molecule has 2 heterocycles. The first-order chi connectivity index (χ1) is 11.7. The third-order valence-corrected chi connectivity index (χ3v) is 4.14. The zero-order valence-corrected chi connectivity index (χ0v) is 13.9. The predicted molar refractivity (Wildman–Crippen MR) is 88.5 cm³/mol. The number of rotatable bonds is 6. The molecule has 7 nitrogen and oxygen atoms in total. The Labute approximate surface area is 140 Å². The van der Waals surface area contributed by atoms with Gasteiger partial charge < -0.3 is 23.7 Å². The number of ether oxygens (including phenoxy) is 2. The molecule has 1 saturated heterocycles. The Hall–Kier alpha value is -2.57. The third-order valence-electron chi connectivity index (χ3n) is 4.14. The van der Waals surface area contributed by atoms with Crippen LogP contribution >= 0.6 is 0 Å². The molecule has 1 aliphatic heterocycles. The molecule has 0 bridgehead atoms. The van der Waals surface area contributed by atoms with Crippen molar-refractivity contribution in [2.75, 3.05) is 31.7 Å². The minimum absolute atomic E-state index is 0.138. The van der Waals surface area contributed by atoms with E-state index in [0.29, 0.717) is 29.9 Å². The molecule has 1 fully saturated rings. The molecular weight excluding hydrogens is 310 g/mol. The molecule has 0 unspecified atom stereocenters. The van der Waals surface area contributed by atoms with Gasteiger partial charge in [0.1, 0.15) is 6.29 Å². The van der Waals surface area contributed by atoms with E-state index in [2.05, 4.69) is 10.1 Å². The Morgan fingerprint density at radius 1 is 1.33 bits per heavy atom. The largest absolute Gasteiger partial charge is 0.493 e. The van der Waals surface area contributed by atoms with Gasteiger partial charge in [0.2, 0.25) is 5.82 Å². The van der Waals surface area contributed by atoms with Crippen molar-refractivity contribution in [3.63, 3.8) is 0 Å². The van der Waals surface area contributed by atoms with Crippen molar-refractivity contribution in [2.45, 2.75) is 19.8 Å². The molecule has 2 aromatic rings. The third kappa shape index (κ3) is 3.34. The summed E-state index contributed by atoms with van der Waals surface area (Å²) in [6.07, 6.45) is 2.67. The van der Waals surface area contributed by atoms with Gasteiger partial charge in [0.15, 0.2) is 11.5 Å². The summed E-state index contributed by atoms with van der Waals surface area (Å²) in [4.78, 5) is 17.3. The van der Waals surface area contributed by atoms with E-state index in [1.165, 1.54) is 0 Å². The quantitative estimate of drug-likeness (QED) is 0.753. The van der Waals surface area contributed by atoms with Gasteiger partial charge in [0.25, 0.3) is 0 Å². The van der Waals surface area contributed by atoms with Gasteiger partial charge in [0.05, 0.1) is 13.7 Å². The van der Waals surface area contributed by atoms with Crippen molar-refractivity contribution >= 4 is 12.3 Å². The lowest BCUT2D eigenvalue weighted by molar-refractivity contribution is -0.111. The molecule has 0 N–H and O–H groups in total. The van der Waals surface area contributed by atoms with E-state index in [9.17, 15) is 4.79 Å². The first-order valence-electron chi connectivity index (χ1n) is 8.10. The highest BCUT2D eigenvalue weighted by Crippen LogP contribution is 2.32. The van der Waals surface area contributed by atoms with Gasteiger partial charge >= 0.3 is 6.01 Å². The maximum atomic E-state index is 10.8. The van der Waals surface area contributed by atoms with Crippen molar-refractivity contribution in [1.29, 1.82) is 0 Å². The van der Waals surface area contributed by atoms with Gasteiger partial charge in [-0.1, -0.05) is 5.16 Å². The molecule has 0 amide bonds. The molecule has 1 aromatic carbocycles. The first-order valence-corrected chi connectivity index (χ1v) is 8.10. The SMILES string of the molecule is CCOc1ccc(-c2noc(N3CCC(C=O)CC3)n2)cc1OC. The van der Waals surface area contributed by atoms with Crippen LogP contribution in [0, 0.1) is 5.92 Å². The topological polar surface area (TPSA) is 77.7 Å². The number of methoxy groups -OCH3 is 1. The fraction of sp³-hybridized carbons (Fsp3) is 0.471. The molecule has 3 rings (SSSR count). The molecule has 1 aromatic heterocycles. The summed E-state index contributed by atoms with van der Waals surface area (Å²) in [5.74, 6) is 1.96. The van der Waals surface area contributed by atoms with Crippen molar-refractivity contribution < 1.29 is 18.8 Å². The van der Waals surface area contributed by atoms with Gasteiger partial charge in [-0.2, -0.15) is 4.98 Å². The summed E-state index contributed by atoms with van der Waals surface area (Å²) in [5, 5.41) is 4.06. The smallest absolute Gasteiger partial charge is 0.324 e. The fourth-order valence-corrected chi connectivity index (χ4v) is 2.77. The van der Waals surface area contributed by atoms with Crippen molar-refractivity contribution in [1.82, 2.24) is 10.1 Å². The minimum atomic E-state index is 0.138. The van der Waals surface area contributed by atoms with Gasteiger partial charge in [-0.05, 0) is 38.0 Å². The van der Waals surface area contributed by atoms with Crippen LogP contribution in [0.3, 0.4) is 0 Å². The number of hydrogen-bond donors (Lipinski definition) is 0. The van der Waals surface area contributed by atoms with Gasteiger partial charge in [-0.3, -0.25) is 0 Å². The highest BCUT2D eigenvalue weighted by atomic mass is 16.5. The number of hydrogen-bond acceptors (Lipinski definition) is 7. The zero-order valence-electron chi connectivity index (χ0n) is 13.9. The predicted octanol–water partition coefficient (Wildman–Crippen LogP) is 2.56. The average Bonchev–Trinajstić information content (AvgIpc) is 3.12. The highest BCUT2D eigenvalue weighted by Gasteiger charge is 2.23. The number of aldehydes is 1. The second kappa shape index (κ2) is 7.33. The Morgan fingerprint density at radius 2 is 2.12 bits per heavy atom. The second-order valence-electron chi connectivity index (χ2n) is 5.66. The Bertz CT molecular complexity index is 693. The van der Waals surface area contributed by atoms with Crippen molar-refractivity contribution in [3.8, 4) is 22.9 Å². The van der Waals surface area contributed by atoms with Crippen LogP contribution < -0.4 is 14.4 Å². The molecule has 1 aliphatic rings. The first kappa shape index (κ1) is 16.3. The summed E-state index contributed by atoms with van der Waals surface area (Å²) < 4.78 is 16.2. The van der Waals surface area contributed by atoms with Gasteiger partial charge in [-0.15, -0.1) is 0 Å². The number of carbonyl (C=O) groups is 1. The summed E-state index contributed by atoms with van der Waals surface area (Å²) in [6.45, 7) is 3.99. The van der Waals surface area contributed by atoms with Crippen LogP contribution in [0.1, 0.15) is 19.8 Å². The zero-order chi connectivity index (χ0) is 16.9. The lowest BCUT2D eigenvalue weighted by atomic mass is 9.99. The summed E-state index contributed by atoms with van der Waals surface area (Å²) in [7, 11) is 1.60. The van der Waals surface area contributed by atoms with E-state index < -0.39 is 0 Å². The number of benzene rings is 1. The lowest BCUT2D eigenvalue weighted by Gasteiger charge is -2.27. The number of carbonyl (C=O) groups excluding carboxylic acids is 1. The van der Waals surface area contributed by atoms with E-state index in [0.717, 1.165) is 37.8 Å². The lowest BCUT2D eigenvalue weighted by Crippen LogP contribution is -2.34. The average molecular weight is 331 g/mol. The van der Waals surface area contributed by atoms with Crippen LogP contribution in [0.2, 0.25) is 0 Å². The molecule has 0 radical (unpaired) electrons. The van der Waals surface area contributed by atoms with Crippen LogP contribution in [-0.2, 0) is 4.79 Å². The maximum absolute atomic E-state index is 10.8. The Morgan fingerprint density at radius 3 is 2.79 bits per heavy atom. The van der Waals surface area contributed by atoms with Crippen LogP contribution in [0.15, 0.2) is 22.7 Å². The van der Waals surface area contributed by atoms with Crippen LogP contribution in [-0.4, -0.2) is 43.2 Å². The van der Waals surface area contributed by atoms with Crippen LogP contribution in [0.25, 0.3) is 11.4 Å². The Kier molecular flexibility index (Phi) is 4.98. The molecule has 7 heteroatoms. The molecule has 0 saturated carbocycles. The van der Waals surface area contributed by atoms with Gasteiger partial charge in [0, 0.05) is 24.6 Å². The molecular formula is C17H21N3O4.